The summed E-state index contributed by atoms with van der Waals surface area (Å²) in [6, 6.07) is 4.68. The largest absolute Gasteiger partial charge is 0.506 e. The maximum Gasteiger partial charge on any atom is 0.345 e. The number of aromatic hydroxyl groups is 1. The standard InChI is InChI=1S/C12H10ClNO4/c1-2-14-9-6(4-3-5-7(9)13)10(15)8(11(14)16)12(17)18/h3-5,15H,2H2,1H3,(H,17,18). The minimum absolute atomic E-state index is 0.251. The predicted octanol–water partition coefficient (Wildman–Crippen LogP) is 2.08. The number of hydrogen-bond donors (Lipinski definition) is 2. The van der Waals surface area contributed by atoms with Crippen LogP contribution < -0.4 is 5.56 Å². The van der Waals surface area contributed by atoms with Gasteiger partial charge in [0.15, 0.2) is 5.56 Å². The number of halogens is 1. The molecule has 6 heteroatoms. The van der Waals surface area contributed by atoms with Crippen molar-refractivity contribution >= 4 is 28.5 Å². The third-order valence-corrected chi connectivity index (χ3v) is 3.04. The molecule has 0 aliphatic rings. The zero-order valence-electron chi connectivity index (χ0n) is 9.48. The Morgan fingerprint density at radius 3 is 2.67 bits per heavy atom. The molecule has 0 radical (unpaired) electrons. The topological polar surface area (TPSA) is 79.5 Å². The molecule has 0 unspecified atom stereocenters. The van der Waals surface area contributed by atoms with Crippen LogP contribution in [0, 0.1) is 0 Å². The lowest BCUT2D eigenvalue weighted by molar-refractivity contribution is 0.0691. The summed E-state index contributed by atoms with van der Waals surface area (Å²) in [5.74, 6) is -2.00. The Morgan fingerprint density at radius 1 is 1.44 bits per heavy atom. The minimum Gasteiger partial charge on any atom is -0.506 e. The van der Waals surface area contributed by atoms with E-state index < -0.39 is 22.8 Å². The van der Waals surface area contributed by atoms with Crippen LogP contribution >= 0.6 is 11.6 Å². The molecule has 0 saturated carbocycles. The molecule has 0 saturated heterocycles. The van der Waals surface area contributed by atoms with Gasteiger partial charge in [0.1, 0.15) is 5.75 Å². The van der Waals surface area contributed by atoms with Gasteiger partial charge in [0.25, 0.3) is 5.56 Å². The fourth-order valence-electron chi connectivity index (χ4n) is 1.95. The van der Waals surface area contributed by atoms with Crippen LogP contribution in [0.25, 0.3) is 10.9 Å². The third-order valence-electron chi connectivity index (χ3n) is 2.74. The van der Waals surface area contributed by atoms with Crippen molar-refractivity contribution in [3.8, 4) is 5.75 Å². The molecular weight excluding hydrogens is 258 g/mol. The van der Waals surface area contributed by atoms with Crippen LogP contribution in [0.5, 0.6) is 5.75 Å². The van der Waals surface area contributed by atoms with Crippen molar-refractivity contribution in [2.45, 2.75) is 13.5 Å². The first-order valence-corrected chi connectivity index (χ1v) is 5.64. The zero-order chi connectivity index (χ0) is 13.4. The second-order valence-electron chi connectivity index (χ2n) is 3.71. The number of hydrogen-bond acceptors (Lipinski definition) is 3. The van der Waals surface area contributed by atoms with Gasteiger partial charge < -0.3 is 14.8 Å². The number of carboxylic acid groups (broad SMARTS) is 1. The normalized spacial score (nSPS) is 10.8. The first-order chi connectivity index (χ1) is 8.49. The van der Waals surface area contributed by atoms with Crippen LogP contribution in [0.15, 0.2) is 23.0 Å². The van der Waals surface area contributed by atoms with Crippen LogP contribution in [0.4, 0.5) is 0 Å². The molecule has 0 aliphatic heterocycles. The quantitative estimate of drug-likeness (QED) is 0.873. The molecule has 5 nitrogen and oxygen atoms in total. The number of fused-ring (bicyclic) bond motifs is 1. The minimum atomic E-state index is -1.46. The van der Waals surface area contributed by atoms with Crippen molar-refractivity contribution in [3.05, 3.63) is 39.1 Å². The van der Waals surface area contributed by atoms with Gasteiger partial charge in [-0.05, 0) is 19.1 Å². The number of carboxylic acids is 1. The maximum atomic E-state index is 12.0. The molecule has 2 N–H and O–H groups in total. The monoisotopic (exact) mass is 267 g/mol. The number of pyridine rings is 1. The van der Waals surface area contributed by atoms with E-state index in [1.807, 2.05) is 0 Å². The van der Waals surface area contributed by atoms with Crippen LogP contribution in [-0.4, -0.2) is 20.7 Å². The van der Waals surface area contributed by atoms with Gasteiger partial charge in [-0.25, -0.2) is 4.79 Å². The van der Waals surface area contributed by atoms with E-state index in [-0.39, 0.29) is 11.9 Å². The molecule has 2 aromatic rings. The highest BCUT2D eigenvalue weighted by Gasteiger charge is 2.21. The Kier molecular flexibility index (Phi) is 3.00. The average Bonchev–Trinajstić information content (AvgIpc) is 2.30. The number of benzene rings is 1. The van der Waals surface area contributed by atoms with Gasteiger partial charge in [-0.1, -0.05) is 17.7 Å². The molecule has 1 aromatic heterocycles. The number of carbonyl (C=O) groups is 1. The Hall–Kier alpha value is -2.01. The van der Waals surface area contributed by atoms with Gasteiger partial charge in [0.05, 0.1) is 10.5 Å². The summed E-state index contributed by atoms with van der Waals surface area (Å²) in [5, 5.41) is 19.4. The second kappa shape index (κ2) is 4.34. The Morgan fingerprint density at radius 2 is 2.11 bits per heavy atom. The van der Waals surface area contributed by atoms with Gasteiger partial charge in [-0.2, -0.15) is 0 Å². The van der Waals surface area contributed by atoms with E-state index in [1.165, 1.54) is 10.6 Å². The number of aromatic carboxylic acids is 1. The Labute approximate surface area is 107 Å². The summed E-state index contributed by atoms with van der Waals surface area (Å²) in [7, 11) is 0. The van der Waals surface area contributed by atoms with Gasteiger partial charge in [0, 0.05) is 11.9 Å². The molecule has 0 amide bonds. The van der Waals surface area contributed by atoms with E-state index >= 15 is 0 Å². The Balaban J connectivity index is 3.11. The van der Waals surface area contributed by atoms with Crippen molar-refractivity contribution in [2.75, 3.05) is 0 Å². The highest BCUT2D eigenvalue weighted by molar-refractivity contribution is 6.35. The molecule has 0 bridgehead atoms. The molecule has 1 aromatic carbocycles. The number of para-hydroxylation sites is 1. The lowest BCUT2D eigenvalue weighted by Gasteiger charge is -2.12. The van der Waals surface area contributed by atoms with Crippen molar-refractivity contribution in [3.63, 3.8) is 0 Å². The predicted molar refractivity (Wildman–Crippen MR) is 67.5 cm³/mol. The summed E-state index contributed by atoms with van der Waals surface area (Å²) in [6.45, 7) is 1.96. The molecular formula is C12H10ClNO4. The smallest absolute Gasteiger partial charge is 0.345 e. The SMILES string of the molecule is CCn1c(=O)c(C(=O)O)c(O)c2cccc(Cl)c21. The summed E-state index contributed by atoms with van der Waals surface area (Å²) < 4.78 is 1.24. The third kappa shape index (κ3) is 1.64. The van der Waals surface area contributed by atoms with Gasteiger partial charge >= 0.3 is 5.97 Å². The summed E-state index contributed by atoms with van der Waals surface area (Å²) in [4.78, 5) is 23.0. The lowest BCUT2D eigenvalue weighted by atomic mass is 10.1. The van der Waals surface area contributed by atoms with Crippen LogP contribution in [0.3, 0.4) is 0 Å². The van der Waals surface area contributed by atoms with E-state index in [0.29, 0.717) is 10.5 Å². The molecule has 0 aliphatic carbocycles. The summed E-state index contributed by atoms with van der Waals surface area (Å²) in [6.07, 6.45) is 0. The van der Waals surface area contributed by atoms with Crippen molar-refractivity contribution in [1.82, 2.24) is 4.57 Å². The number of aryl methyl sites for hydroxylation is 1. The lowest BCUT2D eigenvalue weighted by Crippen LogP contribution is -2.26. The van der Waals surface area contributed by atoms with Gasteiger partial charge in [-0.15, -0.1) is 0 Å². The Bertz CT molecular complexity index is 705. The van der Waals surface area contributed by atoms with Crippen LogP contribution in [0.2, 0.25) is 5.02 Å². The molecule has 18 heavy (non-hydrogen) atoms. The van der Waals surface area contributed by atoms with Crippen molar-refractivity contribution in [1.29, 1.82) is 0 Å². The molecule has 0 spiro atoms. The number of nitrogens with zero attached hydrogens (tertiary/aromatic N) is 1. The highest BCUT2D eigenvalue weighted by atomic mass is 35.5. The van der Waals surface area contributed by atoms with Gasteiger partial charge in [-0.3, -0.25) is 4.79 Å². The molecule has 1 heterocycles. The van der Waals surface area contributed by atoms with E-state index in [4.69, 9.17) is 16.7 Å². The van der Waals surface area contributed by atoms with Gasteiger partial charge in [0.2, 0.25) is 0 Å². The van der Waals surface area contributed by atoms with E-state index in [0.717, 1.165) is 0 Å². The highest BCUT2D eigenvalue weighted by Crippen LogP contribution is 2.30. The second-order valence-corrected chi connectivity index (χ2v) is 4.12. The molecule has 2 rings (SSSR count). The fraction of sp³-hybridized carbons (Fsp3) is 0.167. The molecule has 0 fully saturated rings. The first kappa shape index (κ1) is 12.4. The number of aromatic nitrogens is 1. The molecule has 0 atom stereocenters. The average molecular weight is 268 g/mol. The first-order valence-electron chi connectivity index (χ1n) is 5.26. The molecule has 94 valence electrons. The van der Waals surface area contributed by atoms with Crippen LogP contribution in [0.1, 0.15) is 17.3 Å². The number of rotatable bonds is 2. The van der Waals surface area contributed by atoms with Crippen molar-refractivity contribution in [2.24, 2.45) is 0 Å². The summed E-state index contributed by atoms with van der Waals surface area (Å²) >= 11 is 6.00. The van der Waals surface area contributed by atoms with E-state index in [1.54, 1.807) is 19.1 Å². The van der Waals surface area contributed by atoms with E-state index in [9.17, 15) is 14.7 Å². The van der Waals surface area contributed by atoms with E-state index in [2.05, 4.69) is 0 Å². The maximum absolute atomic E-state index is 12.0. The van der Waals surface area contributed by atoms with Crippen LogP contribution in [-0.2, 0) is 6.54 Å². The zero-order valence-corrected chi connectivity index (χ0v) is 10.2. The summed E-state index contributed by atoms with van der Waals surface area (Å²) in [5.41, 5.74) is -1.05. The fourth-order valence-corrected chi connectivity index (χ4v) is 2.22. The van der Waals surface area contributed by atoms with Crippen molar-refractivity contribution < 1.29 is 15.0 Å².